The first-order valence-electron chi connectivity index (χ1n) is 5.41. The Hall–Kier alpha value is -1.77. The third-order valence-corrected chi connectivity index (χ3v) is 3.38. The van der Waals surface area contributed by atoms with Gasteiger partial charge in [0.1, 0.15) is 6.07 Å². The molecule has 0 saturated heterocycles. The monoisotopic (exact) mass is 332 g/mol. The number of anilines is 1. The quantitative estimate of drug-likeness (QED) is 0.820. The first-order valence-corrected chi connectivity index (χ1v) is 6.65. The summed E-state index contributed by atoms with van der Waals surface area (Å²) in [5, 5.41) is 11.7. The molecule has 19 heavy (non-hydrogen) atoms. The summed E-state index contributed by atoms with van der Waals surface area (Å²) < 4.78 is 0.793. The van der Waals surface area contributed by atoms with E-state index in [0.29, 0.717) is 21.7 Å². The van der Waals surface area contributed by atoms with Gasteiger partial charge in [-0.15, -0.1) is 12.6 Å². The molecule has 3 nitrogen and oxygen atoms in total. The first kappa shape index (κ1) is 13.7. The van der Waals surface area contributed by atoms with Crippen LogP contribution in [0, 0.1) is 11.3 Å². The number of nitriles is 1. The fraction of sp³-hybridized carbons (Fsp3) is 0. The van der Waals surface area contributed by atoms with Gasteiger partial charge in [-0.2, -0.15) is 5.26 Å². The Bertz CT molecular complexity index is 679. The van der Waals surface area contributed by atoms with Crippen LogP contribution in [0.2, 0.25) is 0 Å². The molecule has 0 atom stereocenters. The van der Waals surface area contributed by atoms with E-state index >= 15 is 0 Å². The maximum atomic E-state index is 12.1. The Morgan fingerprint density at radius 2 is 2.00 bits per heavy atom. The van der Waals surface area contributed by atoms with Gasteiger partial charge >= 0.3 is 0 Å². The molecule has 0 bridgehead atoms. The molecule has 1 N–H and O–H groups in total. The number of halogens is 1. The van der Waals surface area contributed by atoms with Crippen molar-refractivity contribution in [1.29, 1.82) is 5.26 Å². The lowest BCUT2D eigenvalue weighted by Crippen LogP contribution is -2.13. The van der Waals surface area contributed by atoms with Crippen molar-refractivity contribution in [1.82, 2.24) is 0 Å². The van der Waals surface area contributed by atoms with E-state index in [4.69, 9.17) is 5.26 Å². The van der Waals surface area contributed by atoms with E-state index in [1.165, 1.54) is 0 Å². The summed E-state index contributed by atoms with van der Waals surface area (Å²) in [5.74, 6) is -0.291. The van der Waals surface area contributed by atoms with Crippen molar-refractivity contribution in [3.8, 4) is 6.07 Å². The normalized spacial score (nSPS) is 9.74. The van der Waals surface area contributed by atoms with E-state index < -0.39 is 0 Å². The number of nitrogens with zero attached hydrogens (tertiary/aromatic N) is 1. The molecule has 5 heteroatoms. The highest BCUT2D eigenvalue weighted by Gasteiger charge is 2.11. The van der Waals surface area contributed by atoms with Gasteiger partial charge in [0.15, 0.2) is 0 Å². The summed E-state index contributed by atoms with van der Waals surface area (Å²) in [6, 6.07) is 14.1. The standard InChI is InChI=1S/C14H9BrN2OS/c15-10-6-5-9(8-16)12(7-10)17-14(18)11-3-1-2-4-13(11)19/h1-7,19H,(H,17,18). The third kappa shape index (κ3) is 3.16. The van der Waals surface area contributed by atoms with Crippen LogP contribution in [0.15, 0.2) is 51.8 Å². The van der Waals surface area contributed by atoms with E-state index in [2.05, 4.69) is 33.9 Å². The van der Waals surface area contributed by atoms with Gasteiger partial charge in [0, 0.05) is 9.37 Å². The largest absolute Gasteiger partial charge is 0.321 e. The molecule has 0 aliphatic rings. The molecule has 0 fully saturated rings. The van der Waals surface area contributed by atoms with E-state index in [-0.39, 0.29) is 5.91 Å². The summed E-state index contributed by atoms with van der Waals surface area (Å²) in [7, 11) is 0. The van der Waals surface area contributed by atoms with E-state index in [0.717, 1.165) is 4.47 Å². The van der Waals surface area contributed by atoms with Gasteiger partial charge < -0.3 is 5.32 Å². The van der Waals surface area contributed by atoms with Crippen molar-refractivity contribution in [3.05, 3.63) is 58.1 Å². The van der Waals surface area contributed by atoms with Gasteiger partial charge in [0.25, 0.3) is 5.91 Å². The SMILES string of the molecule is N#Cc1ccc(Br)cc1NC(=O)c1ccccc1S. The second-order valence-corrected chi connectivity index (χ2v) is 5.17. The van der Waals surface area contributed by atoms with Gasteiger partial charge in [-0.05, 0) is 30.3 Å². The van der Waals surface area contributed by atoms with Crippen LogP contribution in [0.3, 0.4) is 0 Å². The second-order valence-electron chi connectivity index (χ2n) is 3.77. The molecule has 2 rings (SSSR count). The van der Waals surface area contributed by atoms with Crippen LogP contribution in [0.5, 0.6) is 0 Å². The highest BCUT2D eigenvalue weighted by atomic mass is 79.9. The van der Waals surface area contributed by atoms with Crippen LogP contribution in [-0.2, 0) is 0 Å². The lowest BCUT2D eigenvalue weighted by atomic mass is 10.1. The van der Waals surface area contributed by atoms with Crippen LogP contribution in [0.25, 0.3) is 0 Å². The highest BCUT2D eigenvalue weighted by molar-refractivity contribution is 9.10. The number of hydrogen-bond donors (Lipinski definition) is 2. The van der Waals surface area contributed by atoms with Gasteiger partial charge in [0.05, 0.1) is 16.8 Å². The van der Waals surface area contributed by atoms with Gasteiger partial charge in [-0.3, -0.25) is 4.79 Å². The summed E-state index contributed by atoms with van der Waals surface area (Å²) in [4.78, 5) is 12.7. The Morgan fingerprint density at radius 3 is 2.68 bits per heavy atom. The Balaban J connectivity index is 2.32. The lowest BCUT2D eigenvalue weighted by molar-refractivity contribution is 0.102. The summed E-state index contributed by atoms with van der Waals surface area (Å²) >= 11 is 7.55. The van der Waals surface area contributed by atoms with Crippen LogP contribution < -0.4 is 5.32 Å². The number of nitrogens with one attached hydrogen (secondary N) is 1. The summed E-state index contributed by atoms with van der Waals surface area (Å²) in [6.07, 6.45) is 0. The Kier molecular flexibility index (Phi) is 4.25. The molecule has 0 aromatic heterocycles. The van der Waals surface area contributed by atoms with Crippen molar-refractivity contribution >= 4 is 40.2 Å². The number of hydrogen-bond acceptors (Lipinski definition) is 3. The average molecular weight is 333 g/mol. The predicted octanol–water partition coefficient (Wildman–Crippen LogP) is 3.86. The Labute approximate surface area is 124 Å². The first-order chi connectivity index (χ1) is 9.11. The molecule has 0 aliphatic heterocycles. The maximum absolute atomic E-state index is 12.1. The molecule has 0 saturated carbocycles. The second kappa shape index (κ2) is 5.91. The number of carbonyl (C=O) groups excluding carboxylic acids is 1. The minimum atomic E-state index is -0.291. The zero-order valence-corrected chi connectivity index (χ0v) is 12.2. The van der Waals surface area contributed by atoms with Crippen molar-refractivity contribution in [2.45, 2.75) is 4.90 Å². The van der Waals surface area contributed by atoms with Crippen molar-refractivity contribution in [3.63, 3.8) is 0 Å². The summed E-state index contributed by atoms with van der Waals surface area (Å²) in [5.41, 5.74) is 1.35. The number of rotatable bonds is 2. The van der Waals surface area contributed by atoms with Gasteiger partial charge in [0.2, 0.25) is 0 Å². The maximum Gasteiger partial charge on any atom is 0.256 e. The molecular weight excluding hydrogens is 324 g/mol. The number of amides is 1. The lowest BCUT2D eigenvalue weighted by Gasteiger charge is -2.09. The van der Waals surface area contributed by atoms with Crippen LogP contribution in [0.1, 0.15) is 15.9 Å². The predicted molar refractivity (Wildman–Crippen MR) is 80.5 cm³/mol. The minimum absolute atomic E-state index is 0.291. The molecule has 0 heterocycles. The number of carbonyl (C=O) groups is 1. The highest BCUT2D eigenvalue weighted by Crippen LogP contribution is 2.22. The van der Waals surface area contributed by atoms with Crippen molar-refractivity contribution in [2.24, 2.45) is 0 Å². The molecule has 94 valence electrons. The average Bonchev–Trinajstić information content (AvgIpc) is 2.39. The molecule has 0 aliphatic carbocycles. The molecule has 2 aromatic rings. The van der Waals surface area contributed by atoms with Crippen molar-refractivity contribution in [2.75, 3.05) is 5.32 Å². The van der Waals surface area contributed by atoms with Crippen LogP contribution in [0.4, 0.5) is 5.69 Å². The van der Waals surface area contributed by atoms with Gasteiger partial charge in [-0.25, -0.2) is 0 Å². The van der Waals surface area contributed by atoms with Crippen LogP contribution in [-0.4, -0.2) is 5.91 Å². The van der Waals surface area contributed by atoms with Gasteiger partial charge in [-0.1, -0.05) is 28.1 Å². The smallest absolute Gasteiger partial charge is 0.256 e. The van der Waals surface area contributed by atoms with Crippen LogP contribution >= 0.6 is 28.6 Å². The molecule has 0 unspecified atom stereocenters. The van der Waals surface area contributed by atoms with E-state index in [1.54, 1.807) is 42.5 Å². The summed E-state index contributed by atoms with van der Waals surface area (Å²) in [6.45, 7) is 0. The van der Waals surface area contributed by atoms with Crippen molar-refractivity contribution < 1.29 is 4.79 Å². The zero-order valence-electron chi connectivity index (χ0n) is 9.72. The fourth-order valence-corrected chi connectivity index (χ4v) is 2.20. The topological polar surface area (TPSA) is 52.9 Å². The minimum Gasteiger partial charge on any atom is -0.321 e. The zero-order chi connectivity index (χ0) is 13.8. The third-order valence-electron chi connectivity index (χ3n) is 2.50. The van der Waals surface area contributed by atoms with E-state index in [1.807, 2.05) is 6.07 Å². The molecule has 0 radical (unpaired) electrons. The van der Waals surface area contributed by atoms with E-state index in [9.17, 15) is 4.79 Å². The molecular formula is C14H9BrN2OS. The molecule has 2 aromatic carbocycles. The fourth-order valence-electron chi connectivity index (χ4n) is 1.57. The Morgan fingerprint density at radius 1 is 1.26 bits per heavy atom. The number of thiol groups is 1. The molecule has 0 spiro atoms. The number of benzene rings is 2. The molecule has 1 amide bonds.